The number of amides is 1. The number of benzene rings is 1. The summed E-state index contributed by atoms with van der Waals surface area (Å²) in [5.41, 5.74) is 0.681. The molecule has 1 aliphatic rings. The van der Waals surface area contributed by atoms with Crippen molar-refractivity contribution in [1.29, 1.82) is 0 Å². The first-order valence-electron chi connectivity index (χ1n) is 8.00. The molecule has 4 nitrogen and oxygen atoms in total. The monoisotopic (exact) mass is 307 g/mol. The summed E-state index contributed by atoms with van der Waals surface area (Å²) in [6.45, 7) is 3.77. The third-order valence-electron chi connectivity index (χ3n) is 4.11. The van der Waals surface area contributed by atoms with Crippen LogP contribution < -0.4 is 5.32 Å². The molecular weight excluding hydrogens is 281 g/mol. The van der Waals surface area contributed by atoms with E-state index in [1.807, 2.05) is 19.0 Å². The number of halogens is 1. The normalized spacial score (nSPS) is 17.5. The molecule has 22 heavy (non-hydrogen) atoms. The first kappa shape index (κ1) is 16.9. The summed E-state index contributed by atoms with van der Waals surface area (Å²) < 4.78 is 13.4. The van der Waals surface area contributed by atoms with Crippen LogP contribution in [0.25, 0.3) is 0 Å². The van der Waals surface area contributed by atoms with Gasteiger partial charge in [0, 0.05) is 13.1 Å². The third kappa shape index (κ3) is 4.78. The summed E-state index contributed by atoms with van der Waals surface area (Å²) in [6, 6.07) is 5.79. The Hall–Kier alpha value is -1.46. The quantitative estimate of drug-likeness (QED) is 0.873. The zero-order valence-electron chi connectivity index (χ0n) is 13.5. The Bertz CT molecular complexity index is 487. The molecule has 0 aliphatic carbocycles. The fraction of sp³-hybridized carbons (Fsp3) is 0.588. The van der Waals surface area contributed by atoms with E-state index in [9.17, 15) is 9.18 Å². The molecule has 0 spiro atoms. The number of hydrogen-bond acceptors (Lipinski definition) is 3. The van der Waals surface area contributed by atoms with Crippen LogP contribution in [0.15, 0.2) is 24.3 Å². The van der Waals surface area contributed by atoms with Crippen molar-refractivity contribution in [3.05, 3.63) is 35.6 Å². The van der Waals surface area contributed by atoms with Crippen molar-refractivity contribution in [1.82, 2.24) is 15.1 Å². The highest BCUT2D eigenvalue weighted by atomic mass is 19.1. The topological polar surface area (TPSA) is 35.6 Å². The largest absolute Gasteiger partial charge is 0.353 e. The van der Waals surface area contributed by atoms with Gasteiger partial charge in [0.15, 0.2) is 0 Å². The van der Waals surface area contributed by atoms with Crippen LogP contribution in [0.3, 0.4) is 0 Å². The number of nitrogens with zero attached hydrogens (tertiary/aromatic N) is 2. The van der Waals surface area contributed by atoms with E-state index in [0.717, 1.165) is 19.6 Å². The molecule has 1 N–H and O–H groups in total. The Morgan fingerprint density at radius 3 is 2.68 bits per heavy atom. The molecule has 0 saturated carbocycles. The van der Waals surface area contributed by atoms with Gasteiger partial charge in [0.05, 0.1) is 0 Å². The summed E-state index contributed by atoms with van der Waals surface area (Å²) in [6.07, 6.45) is 3.81. The molecule has 1 heterocycles. The molecule has 5 heteroatoms. The zero-order valence-corrected chi connectivity index (χ0v) is 13.5. The lowest BCUT2D eigenvalue weighted by Crippen LogP contribution is -2.42. The van der Waals surface area contributed by atoms with Gasteiger partial charge in [0.25, 0.3) is 0 Å². The van der Waals surface area contributed by atoms with Crippen molar-refractivity contribution in [3.8, 4) is 0 Å². The molecule has 1 amide bonds. The molecule has 1 aromatic rings. The van der Waals surface area contributed by atoms with E-state index >= 15 is 0 Å². The number of likely N-dealkylation sites (tertiary alicyclic amines) is 1. The molecule has 122 valence electrons. The minimum atomic E-state index is -0.461. The first-order chi connectivity index (χ1) is 10.6. The Balaban J connectivity index is 1.89. The number of nitrogens with one attached hydrogen (secondary N) is 1. The molecule has 0 aromatic heterocycles. The first-order valence-corrected chi connectivity index (χ1v) is 8.00. The van der Waals surface area contributed by atoms with E-state index in [0.29, 0.717) is 12.1 Å². The van der Waals surface area contributed by atoms with Gasteiger partial charge in [0.1, 0.15) is 11.9 Å². The van der Waals surface area contributed by atoms with Crippen LogP contribution in [0, 0.1) is 5.82 Å². The van der Waals surface area contributed by atoms with Crippen LogP contribution in [0.4, 0.5) is 4.39 Å². The van der Waals surface area contributed by atoms with E-state index in [4.69, 9.17) is 0 Å². The molecule has 1 saturated heterocycles. The van der Waals surface area contributed by atoms with Crippen molar-refractivity contribution >= 4 is 5.91 Å². The Kier molecular flexibility index (Phi) is 6.34. The van der Waals surface area contributed by atoms with Gasteiger partial charge in [-0.05, 0) is 57.7 Å². The molecule has 1 atom stereocenters. The fourth-order valence-corrected chi connectivity index (χ4v) is 2.98. The van der Waals surface area contributed by atoms with E-state index in [-0.39, 0.29) is 11.7 Å². The molecular formula is C17H26FN3O. The second-order valence-corrected chi connectivity index (χ2v) is 6.11. The standard InChI is InChI=1S/C17H26FN3O/c1-20(2)16(14-7-6-8-15(18)13-14)17(22)19-9-12-21-10-4-3-5-11-21/h6-8,13,16H,3-5,9-12H2,1-2H3,(H,19,22)/t16-/m1/s1. The van der Waals surface area contributed by atoms with E-state index in [1.54, 1.807) is 12.1 Å². The minimum absolute atomic E-state index is 0.0763. The maximum Gasteiger partial charge on any atom is 0.241 e. The predicted octanol–water partition coefficient (Wildman–Crippen LogP) is 2.03. The highest BCUT2D eigenvalue weighted by molar-refractivity contribution is 5.83. The minimum Gasteiger partial charge on any atom is -0.353 e. The van der Waals surface area contributed by atoms with Crippen molar-refractivity contribution < 1.29 is 9.18 Å². The van der Waals surface area contributed by atoms with Crippen LogP contribution >= 0.6 is 0 Å². The smallest absolute Gasteiger partial charge is 0.241 e. The Labute approximate surface area is 132 Å². The van der Waals surface area contributed by atoms with Gasteiger partial charge in [-0.25, -0.2) is 4.39 Å². The van der Waals surface area contributed by atoms with Gasteiger partial charge in [-0.1, -0.05) is 18.6 Å². The average molecular weight is 307 g/mol. The van der Waals surface area contributed by atoms with Gasteiger partial charge in [-0.2, -0.15) is 0 Å². The second kappa shape index (κ2) is 8.25. The molecule has 1 aromatic carbocycles. The Morgan fingerprint density at radius 1 is 1.32 bits per heavy atom. The summed E-state index contributed by atoms with van der Waals surface area (Å²) in [5, 5.41) is 2.98. The summed E-state index contributed by atoms with van der Waals surface area (Å²) >= 11 is 0. The molecule has 0 bridgehead atoms. The van der Waals surface area contributed by atoms with Crippen molar-refractivity contribution in [2.75, 3.05) is 40.3 Å². The highest BCUT2D eigenvalue weighted by Gasteiger charge is 2.23. The number of rotatable bonds is 6. The molecule has 0 unspecified atom stereocenters. The van der Waals surface area contributed by atoms with Crippen LogP contribution in [0.2, 0.25) is 0 Å². The highest BCUT2D eigenvalue weighted by Crippen LogP contribution is 2.19. The Morgan fingerprint density at radius 2 is 2.05 bits per heavy atom. The van der Waals surface area contributed by atoms with E-state index < -0.39 is 6.04 Å². The molecule has 1 fully saturated rings. The SMILES string of the molecule is CN(C)[C@@H](C(=O)NCCN1CCCCC1)c1cccc(F)c1. The molecule has 0 radical (unpaired) electrons. The molecule has 2 rings (SSSR count). The maximum atomic E-state index is 13.4. The number of likely N-dealkylation sites (N-methyl/N-ethyl adjacent to an activating group) is 1. The van der Waals surface area contributed by atoms with Crippen LogP contribution in [0.5, 0.6) is 0 Å². The van der Waals surface area contributed by atoms with Crippen LogP contribution in [-0.4, -0.2) is 56.0 Å². The maximum absolute atomic E-state index is 13.4. The van der Waals surface area contributed by atoms with Crippen molar-refractivity contribution in [2.24, 2.45) is 0 Å². The lowest BCUT2D eigenvalue weighted by Gasteiger charge is -2.27. The number of carbonyl (C=O) groups excluding carboxylic acids is 1. The summed E-state index contributed by atoms with van der Waals surface area (Å²) in [5.74, 6) is -0.391. The number of carbonyl (C=O) groups is 1. The summed E-state index contributed by atoms with van der Waals surface area (Å²) in [7, 11) is 3.67. The zero-order chi connectivity index (χ0) is 15.9. The third-order valence-corrected chi connectivity index (χ3v) is 4.11. The van der Waals surface area contributed by atoms with Crippen LogP contribution in [0.1, 0.15) is 30.9 Å². The van der Waals surface area contributed by atoms with E-state index in [2.05, 4.69) is 10.2 Å². The summed E-state index contributed by atoms with van der Waals surface area (Å²) in [4.78, 5) is 16.6. The average Bonchev–Trinajstić information content (AvgIpc) is 2.48. The predicted molar refractivity (Wildman–Crippen MR) is 86.1 cm³/mol. The van der Waals surface area contributed by atoms with Crippen molar-refractivity contribution in [2.45, 2.75) is 25.3 Å². The van der Waals surface area contributed by atoms with Gasteiger partial charge >= 0.3 is 0 Å². The van der Waals surface area contributed by atoms with Crippen LogP contribution in [-0.2, 0) is 4.79 Å². The second-order valence-electron chi connectivity index (χ2n) is 6.11. The van der Waals surface area contributed by atoms with Gasteiger partial charge in [0.2, 0.25) is 5.91 Å². The lowest BCUT2D eigenvalue weighted by atomic mass is 10.1. The van der Waals surface area contributed by atoms with Gasteiger partial charge < -0.3 is 10.2 Å². The van der Waals surface area contributed by atoms with Gasteiger partial charge in [-0.3, -0.25) is 9.69 Å². The number of piperidine rings is 1. The lowest BCUT2D eigenvalue weighted by molar-refractivity contribution is -0.125. The number of hydrogen-bond donors (Lipinski definition) is 1. The fourth-order valence-electron chi connectivity index (χ4n) is 2.98. The van der Waals surface area contributed by atoms with Gasteiger partial charge in [-0.15, -0.1) is 0 Å². The van der Waals surface area contributed by atoms with Crippen molar-refractivity contribution in [3.63, 3.8) is 0 Å². The van der Waals surface area contributed by atoms with E-state index in [1.165, 1.54) is 31.4 Å². The molecule has 1 aliphatic heterocycles.